The largest absolute Gasteiger partial charge is 0.431 e. The number of nitrogens with two attached hydrogens (primary N) is 1. The van der Waals surface area contributed by atoms with Crippen molar-refractivity contribution >= 4 is 5.82 Å². The number of aryl methyl sites for hydroxylation is 1. The maximum absolute atomic E-state index is 12.7. The Kier molecular flexibility index (Phi) is 4.46. The molecule has 1 saturated heterocycles. The summed E-state index contributed by atoms with van der Waals surface area (Å²) in [6, 6.07) is 3.91. The number of halogens is 2. The number of pyridine rings is 1. The van der Waals surface area contributed by atoms with E-state index in [0.717, 1.165) is 38.3 Å². The van der Waals surface area contributed by atoms with Gasteiger partial charge in [-0.2, -0.15) is 13.9 Å². The second-order valence-electron chi connectivity index (χ2n) is 9.13. The molecule has 1 saturated carbocycles. The Labute approximate surface area is 183 Å². The van der Waals surface area contributed by atoms with Gasteiger partial charge < -0.3 is 15.5 Å². The van der Waals surface area contributed by atoms with E-state index in [0.29, 0.717) is 23.2 Å². The van der Waals surface area contributed by atoms with E-state index in [1.54, 1.807) is 6.20 Å². The van der Waals surface area contributed by atoms with Crippen molar-refractivity contribution in [2.75, 3.05) is 18.8 Å². The summed E-state index contributed by atoms with van der Waals surface area (Å²) >= 11 is 0. The zero-order valence-electron chi connectivity index (χ0n) is 17.5. The van der Waals surface area contributed by atoms with Crippen molar-refractivity contribution < 1.29 is 13.5 Å². The number of nitrogens with one attached hydrogen (secondary N) is 1. The molecule has 2 atom stereocenters. The molecule has 0 unspecified atom stereocenters. The molecular weight excluding hydrogens is 416 g/mol. The van der Waals surface area contributed by atoms with E-state index in [2.05, 4.69) is 35.3 Å². The molecule has 3 aliphatic rings. The molecule has 8 nitrogen and oxygen atoms in total. The van der Waals surface area contributed by atoms with Crippen LogP contribution in [0.5, 0.6) is 5.75 Å². The zero-order valence-corrected chi connectivity index (χ0v) is 17.5. The molecule has 0 radical (unpaired) electrons. The van der Waals surface area contributed by atoms with Crippen molar-refractivity contribution in [1.29, 1.82) is 0 Å². The fourth-order valence-corrected chi connectivity index (χ4v) is 5.49. The number of anilines is 1. The average Bonchev–Trinajstić information content (AvgIpc) is 3.16. The second-order valence-corrected chi connectivity index (χ2v) is 9.13. The second kappa shape index (κ2) is 7.26. The summed E-state index contributed by atoms with van der Waals surface area (Å²) in [4.78, 5) is 14.5. The van der Waals surface area contributed by atoms with Crippen LogP contribution in [0.25, 0.3) is 11.3 Å². The predicted molar refractivity (Wildman–Crippen MR) is 113 cm³/mol. The topological polar surface area (TPSA) is 97.9 Å². The quantitative estimate of drug-likeness (QED) is 0.609. The number of alkyl halides is 2. The van der Waals surface area contributed by atoms with E-state index < -0.39 is 6.61 Å². The predicted octanol–water partition coefficient (Wildman–Crippen LogP) is 3.35. The van der Waals surface area contributed by atoms with Crippen LogP contribution in [-0.4, -0.2) is 49.3 Å². The third kappa shape index (κ3) is 3.24. The minimum absolute atomic E-state index is 0.0501. The van der Waals surface area contributed by atoms with Crippen LogP contribution in [-0.2, 0) is 12.0 Å². The fraction of sp³-hybridized carbons (Fsp3) is 0.500. The van der Waals surface area contributed by atoms with Crippen molar-refractivity contribution in [2.45, 2.75) is 50.3 Å². The number of nitrogens with zero attached hydrogens (tertiary/aromatic N) is 5. The molecule has 2 fully saturated rings. The number of hydrogen-bond acceptors (Lipinski definition) is 6. The van der Waals surface area contributed by atoms with Gasteiger partial charge in [0.05, 0.1) is 11.7 Å². The first-order chi connectivity index (χ1) is 15.5. The molecule has 3 N–H and O–H groups in total. The van der Waals surface area contributed by atoms with Gasteiger partial charge in [-0.15, -0.1) is 0 Å². The summed E-state index contributed by atoms with van der Waals surface area (Å²) in [6.07, 6.45) is 9.93. The molecular formula is C22H25F2N7O. The first-order valence-electron chi connectivity index (χ1n) is 11.0. The van der Waals surface area contributed by atoms with Crippen molar-refractivity contribution in [3.8, 4) is 17.0 Å². The molecule has 3 aromatic rings. The van der Waals surface area contributed by atoms with Gasteiger partial charge >= 0.3 is 6.61 Å². The first-order valence-corrected chi connectivity index (χ1v) is 11.0. The van der Waals surface area contributed by atoms with E-state index in [9.17, 15) is 8.78 Å². The van der Waals surface area contributed by atoms with Crippen molar-refractivity contribution in [3.05, 3.63) is 42.2 Å². The third-order valence-corrected chi connectivity index (χ3v) is 7.16. The zero-order chi connectivity index (χ0) is 21.9. The van der Waals surface area contributed by atoms with Crippen molar-refractivity contribution in [3.63, 3.8) is 0 Å². The Bertz CT molecular complexity index is 1130. The number of fused-ring (bicyclic) bond motifs is 2. The fourth-order valence-electron chi connectivity index (χ4n) is 5.49. The number of aromatic nitrogens is 5. The number of nitrogen functional groups attached to an aromatic ring is 1. The highest BCUT2D eigenvalue weighted by molar-refractivity contribution is 5.64. The molecule has 3 aromatic heterocycles. The van der Waals surface area contributed by atoms with Gasteiger partial charge in [-0.3, -0.25) is 9.58 Å². The number of rotatable bonds is 6. The normalized spacial score (nSPS) is 23.8. The number of likely N-dealkylation sites (tertiary alicyclic amines) is 1. The lowest BCUT2D eigenvalue weighted by molar-refractivity contribution is -0.0494. The number of H-pyrrole nitrogens is 1. The summed E-state index contributed by atoms with van der Waals surface area (Å²) in [5, 5.41) is 4.75. The van der Waals surface area contributed by atoms with Crippen LogP contribution in [0.1, 0.15) is 43.2 Å². The first kappa shape index (κ1) is 19.7. The van der Waals surface area contributed by atoms with Gasteiger partial charge in [-0.25, -0.2) is 9.97 Å². The maximum Gasteiger partial charge on any atom is 0.387 e. The number of aromatic amines is 1. The highest BCUT2D eigenvalue weighted by Crippen LogP contribution is 2.50. The molecule has 10 heteroatoms. The number of ether oxygens (including phenoxy) is 1. The van der Waals surface area contributed by atoms with Gasteiger partial charge in [-0.05, 0) is 50.3 Å². The minimum Gasteiger partial charge on any atom is -0.431 e. The molecule has 0 amide bonds. The van der Waals surface area contributed by atoms with Crippen LogP contribution >= 0.6 is 0 Å². The highest BCUT2D eigenvalue weighted by atomic mass is 19.3. The lowest BCUT2D eigenvalue weighted by atomic mass is 9.82. The summed E-state index contributed by atoms with van der Waals surface area (Å²) in [6.45, 7) is -0.110. The van der Waals surface area contributed by atoms with Crippen LogP contribution in [0, 0.1) is 5.92 Å². The third-order valence-electron chi connectivity index (χ3n) is 7.16. The van der Waals surface area contributed by atoms with Crippen LogP contribution in [0.3, 0.4) is 0 Å². The van der Waals surface area contributed by atoms with Gasteiger partial charge in [0.25, 0.3) is 0 Å². The highest BCUT2D eigenvalue weighted by Gasteiger charge is 2.50. The van der Waals surface area contributed by atoms with Gasteiger partial charge in [0.15, 0.2) is 11.6 Å². The lowest BCUT2D eigenvalue weighted by Gasteiger charge is -2.29. The van der Waals surface area contributed by atoms with Gasteiger partial charge in [0.1, 0.15) is 5.82 Å². The van der Waals surface area contributed by atoms with Crippen molar-refractivity contribution in [2.24, 2.45) is 5.92 Å². The lowest BCUT2D eigenvalue weighted by Crippen LogP contribution is -2.33. The number of hydrogen-bond donors (Lipinski definition) is 2. The smallest absolute Gasteiger partial charge is 0.387 e. The van der Waals surface area contributed by atoms with E-state index in [-0.39, 0.29) is 17.0 Å². The van der Waals surface area contributed by atoms with Crippen LogP contribution in [0.4, 0.5) is 14.6 Å². The van der Waals surface area contributed by atoms with Gasteiger partial charge in [-0.1, -0.05) is 0 Å². The summed E-state index contributed by atoms with van der Waals surface area (Å²) < 4.78 is 32.0. The maximum atomic E-state index is 12.7. The van der Waals surface area contributed by atoms with Crippen molar-refractivity contribution in [1.82, 2.24) is 29.6 Å². The Morgan fingerprint density at radius 3 is 2.78 bits per heavy atom. The Hall–Kier alpha value is -3.01. The Balaban J connectivity index is 1.28. The number of imidazole rings is 1. The van der Waals surface area contributed by atoms with Crippen LogP contribution in [0.2, 0.25) is 0 Å². The summed E-state index contributed by atoms with van der Waals surface area (Å²) in [5.74, 6) is 1.55. The van der Waals surface area contributed by atoms with Crippen LogP contribution in [0.15, 0.2) is 30.7 Å². The van der Waals surface area contributed by atoms with Gasteiger partial charge in [0.2, 0.25) is 0 Å². The molecule has 168 valence electrons. The molecule has 0 aromatic carbocycles. The monoisotopic (exact) mass is 441 g/mol. The Morgan fingerprint density at radius 1 is 1.19 bits per heavy atom. The van der Waals surface area contributed by atoms with E-state index in [4.69, 9.17) is 10.8 Å². The molecule has 1 spiro atoms. The summed E-state index contributed by atoms with van der Waals surface area (Å²) in [5.41, 5.74) is 8.26. The Morgan fingerprint density at radius 2 is 2.03 bits per heavy atom. The molecule has 5 heterocycles. The standard InChI is InChI=1S/C22H25F2N7O/c23-21(24)32-16-9-14(11-28-19(16)25)15-10-17-22(4-8-31(17)29-15)3-7-30(12-22)18(13-1-2-13)20-26-5-6-27-20/h5-6,9-11,13,18,21H,1-4,7-8,12H2,(H2,25,28)(H,26,27)/t18-,22-/m1/s1. The van der Waals surface area contributed by atoms with Crippen LogP contribution < -0.4 is 10.5 Å². The minimum atomic E-state index is -2.96. The molecule has 2 aliphatic heterocycles. The summed E-state index contributed by atoms with van der Waals surface area (Å²) in [7, 11) is 0. The molecule has 0 bridgehead atoms. The average molecular weight is 441 g/mol. The molecule has 6 rings (SSSR count). The molecule has 1 aliphatic carbocycles. The molecule has 32 heavy (non-hydrogen) atoms. The van der Waals surface area contributed by atoms with E-state index in [1.807, 2.05) is 12.4 Å². The SMILES string of the molecule is Nc1ncc(-c2cc3n(n2)CC[C@@]32CCN([C@@H](c3ncc[nH]3)C3CC3)C2)cc1OC(F)F. The van der Waals surface area contributed by atoms with E-state index in [1.165, 1.54) is 24.6 Å². The van der Waals surface area contributed by atoms with E-state index >= 15 is 0 Å². The van der Waals surface area contributed by atoms with Gasteiger partial charge in [0, 0.05) is 48.4 Å².